The number of nitrogens with zero attached hydrogens (tertiary/aromatic N) is 1. The summed E-state index contributed by atoms with van der Waals surface area (Å²) in [7, 11) is 1.61. The van der Waals surface area contributed by atoms with Crippen molar-refractivity contribution in [3.05, 3.63) is 63.6 Å². The van der Waals surface area contributed by atoms with Crippen molar-refractivity contribution in [3.8, 4) is 5.75 Å². The van der Waals surface area contributed by atoms with E-state index in [9.17, 15) is 4.79 Å². The van der Waals surface area contributed by atoms with Gasteiger partial charge >= 0.3 is 0 Å². The molecule has 0 aliphatic carbocycles. The molecule has 0 radical (unpaired) electrons. The summed E-state index contributed by atoms with van der Waals surface area (Å²) < 4.78 is 6.90. The summed E-state index contributed by atoms with van der Waals surface area (Å²) in [5, 5.41) is 0. The van der Waals surface area contributed by atoms with Gasteiger partial charge in [0, 0.05) is 11.8 Å². The summed E-state index contributed by atoms with van der Waals surface area (Å²) in [6.07, 6.45) is 1.71. The zero-order valence-electron chi connectivity index (χ0n) is 11.4. The maximum absolute atomic E-state index is 12.3. The third kappa shape index (κ3) is 2.88. The minimum absolute atomic E-state index is 0.112. The lowest BCUT2D eigenvalue weighted by Gasteiger charge is -2.12. The van der Waals surface area contributed by atoms with Crippen LogP contribution < -0.4 is 16.0 Å². The second-order valence-electron chi connectivity index (χ2n) is 4.53. The number of thiocarbonyl (C=S) groups is 1. The Bertz CT molecular complexity index is 707. The van der Waals surface area contributed by atoms with Gasteiger partial charge < -0.3 is 15.0 Å². The van der Waals surface area contributed by atoms with Crippen LogP contribution in [0.2, 0.25) is 0 Å². The molecule has 0 saturated heterocycles. The summed E-state index contributed by atoms with van der Waals surface area (Å²) in [6, 6.07) is 9.26. The third-order valence-electron chi connectivity index (χ3n) is 3.06. The Morgan fingerprint density at radius 1 is 1.40 bits per heavy atom. The highest BCUT2D eigenvalue weighted by atomic mass is 32.1. The number of nitrogens with two attached hydrogens (primary N) is 1. The third-order valence-corrected chi connectivity index (χ3v) is 3.28. The molecule has 1 aromatic heterocycles. The maximum atomic E-state index is 12.3. The van der Waals surface area contributed by atoms with Crippen molar-refractivity contribution in [2.75, 3.05) is 7.11 Å². The van der Waals surface area contributed by atoms with E-state index in [2.05, 4.69) is 0 Å². The quantitative estimate of drug-likeness (QED) is 0.872. The highest BCUT2D eigenvalue weighted by Crippen LogP contribution is 2.20. The van der Waals surface area contributed by atoms with Gasteiger partial charge in [0.25, 0.3) is 5.56 Å². The van der Waals surface area contributed by atoms with Crippen LogP contribution in [0.1, 0.15) is 16.7 Å². The molecule has 0 amide bonds. The summed E-state index contributed by atoms with van der Waals surface area (Å²) in [6.45, 7) is 2.41. The Hall–Kier alpha value is -2.14. The second-order valence-corrected chi connectivity index (χ2v) is 4.97. The molecule has 0 aliphatic rings. The maximum Gasteiger partial charge on any atom is 0.261 e. The monoisotopic (exact) mass is 288 g/mol. The van der Waals surface area contributed by atoms with Gasteiger partial charge in [0.15, 0.2) is 0 Å². The fourth-order valence-corrected chi connectivity index (χ4v) is 2.22. The molecule has 2 aromatic rings. The van der Waals surface area contributed by atoms with Gasteiger partial charge in [-0.3, -0.25) is 4.79 Å². The number of aromatic nitrogens is 1. The van der Waals surface area contributed by atoms with Crippen molar-refractivity contribution in [2.45, 2.75) is 13.5 Å². The molecular weight excluding hydrogens is 272 g/mol. The van der Waals surface area contributed by atoms with Crippen molar-refractivity contribution in [3.63, 3.8) is 0 Å². The molecular formula is C15H16N2O2S. The van der Waals surface area contributed by atoms with Crippen LogP contribution in [-0.4, -0.2) is 16.7 Å². The molecule has 0 saturated carbocycles. The molecule has 1 heterocycles. The van der Waals surface area contributed by atoms with Crippen LogP contribution in [0.4, 0.5) is 0 Å². The SMILES string of the molecule is COc1ccc(C)cc1Cn1cccc(C(N)=S)c1=O. The minimum atomic E-state index is -0.191. The first-order valence-electron chi connectivity index (χ1n) is 6.15. The highest BCUT2D eigenvalue weighted by Gasteiger charge is 2.09. The van der Waals surface area contributed by atoms with Crippen LogP contribution in [0, 0.1) is 6.92 Å². The number of pyridine rings is 1. The topological polar surface area (TPSA) is 57.2 Å². The predicted molar refractivity (Wildman–Crippen MR) is 83.4 cm³/mol. The van der Waals surface area contributed by atoms with Gasteiger partial charge in [-0.15, -0.1) is 0 Å². The van der Waals surface area contributed by atoms with Gasteiger partial charge in [0.05, 0.1) is 19.2 Å². The zero-order valence-corrected chi connectivity index (χ0v) is 12.2. The smallest absolute Gasteiger partial charge is 0.261 e. The summed E-state index contributed by atoms with van der Waals surface area (Å²) in [4.78, 5) is 12.4. The second kappa shape index (κ2) is 5.88. The first-order chi connectivity index (χ1) is 9.52. The van der Waals surface area contributed by atoms with Gasteiger partial charge in [-0.2, -0.15) is 0 Å². The number of methoxy groups -OCH3 is 1. The van der Waals surface area contributed by atoms with E-state index in [4.69, 9.17) is 22.7 Å². The van der Waals surface area contributed by atoms with E-state index in [1.807, 2.05) is 25.1 Å². The molecule has 0 aliphatic heterocycles. The minimum Gasteiger partial charge on any atom is -0.496 e. The Morgan fingerprint density at radius 3 is 2.80 bits per heavy atom. The molecule has 0 atom stereocenters. The molecule has 2 rings (SSSR count). The average molecular weight is 288 g/mol. The molecule has 4 nitrogen and oxygen atoms in total. The van der Waals surface area contributed by atoms with Gasteiger partial charge in [-0.25, -0.2) is 0 Å². The Kier molecular flexibility index (Phi) is 4.20. The normalized spacial score (nSPS) is 10.3. The number of hydrogen-bond donors (Lipinski definition) is 1. The van der Waals surface area contributed by atoms with Crippen LogP contribution in [0.15, 0.2) is 41.3 Å². The van der Waals surface area contributed by atoms with E-state index in [0.717, 1.165) is 16.9 Å². The van der Waals surface area contributed by atoms with Crippen LogP contribution in [0.25, 0.3) is 0 Å². The highest BCUT2D eigenvalue weighted by molar-refractivity contribution is 7.80. The summed E-state index contributed by atoms with van der Waals surface area (Å²) in [5.41, 5.74) is 7.77. The molecule has 0 unspecified atom stereocenters. The molecule has 0 bridgehead atoms. The molecule has 20 heavy (non-hydrogen) atoms. The van der Waals surface area contributed by atoms with Gasteiger partial charge in [0.1, 0.15) is 10.7 Å². The number of hydrogen-bond acceptors (Lipinski definition) is 3. The van der Waals surface area contributed by atoms with Crippen molar-refractivity contribution < 1.29 is 4.74 Å². The largest absolute Gasteiger partial charge is 0.496 e. The molecule has 2 N–H and O–H groups in total. The zero-order chi connectivity index (χ0) is 14.7. The van der Waals surface area contributed by atoms with Gasteiger partial charge in [0.2, 0.25) is 0 Å². The molecule has 5 heteroatoms. The van der Waals surface area contributed by atoms with E-state index < -0.39 is 0 Å². The summed E-state index contributed by atoms with van der Waals surface area (Å²) >= 11 is 4.88. The molecule has 0 fully saturated rings. The number of rotatable bonds is 4. The van der Waals surface area contributed by atoms with Crippen LogP contribution in [-0.2, 0) is 6.54 Å². The Morgan fingerprint density at radius 2 is 2.15 bits per heavy atom. The fraction of sp³-hybridized carbons (Fsp3) is 0.200. The molecule has 1 aromatic carbocycles. The van der Waals surface area contributed by atoms with Crippen molar-refractivity contribution >= 4 is 17.2 Å². The van der Waals surface area contributed by atoms with Crippen molar-refractivity contribution in [1.29, 1.82) is 0 Å². The van der Waals surface area contributed by atoms with E-state index in [-0.39, 0.29) is 10.5 Å². The number of ether oxygens (including phenoxy) is 1. The fourth-order valence-electron chi connectivity index (χ4n) is 2.06. The van der Waals surface area contributed by atoms with E-state index in [1.165, 1.54) is 0 Å². The molecule has 0 spiro atoms. The summed E-state index contributed by atoms with van der Waals surface area (Å²) in [5.74, 6) is 0.753. The molecule has 104 valence electrons. The van der Waals surface area contributed by atoms with E-state index in [1.54, 1.807) is 30.0 Å². The van der Waals surface area contributed by atoms with E-state index >= 15 is 0 Å². The van der Waals surface area contributed by atoms with Crippen LogP contribution in [0.3, 0.4) is 0 Å². The lowest BCUT2D eigenvalue weighted by atomic mass is 10.1. The standard InChI is InChI=1S/C15H16N2O2S/c1-10-5-6-13(19-2)11(8-10)9-17-7-3-4-12(14(16)20)15(17)18/h3-8H,9H2,1-2H3,(H2,16,20). The Balaban J connectivity index is 2.45. The lowest BCUT2D eigenvalue weighted by molar-refractivity contribution is 0.408. The first kappa shape index (κ1) is 14.3. The van der Waals surface area contributed by atoms with Crippen molar-refractivity contribution in [1.82, 2.24) is 4.57 Å². The average Bonchev–Trinajstić information content (AvgIpc) is 2.41. The van der Waals surface area contributed by atoms with Gasteiger partial charge in [-0.05, 0) is 25.1 Å². The van der Waals surface area contributed by atoms with E-state index in [0.29, 0.717) is 12.1 Å². The first-order valence-corrected chi connectivity index (χ1v) is 6.56. The van der Waals surface area contributed by atoms with Crippen molar-refractivity contribution in [2.24, 2.45) is 5.73 Å². The van der Waals surface area contributed by atoms with Crippen LogP contribution >= 0.6 is 12.2 Å². The van der Waals surface area contributed by atoms with Crippen LogP contribution in [0.5, 0.6) is 5.75 Å². The Labute approximate surface area is 122 Å². The predicted octanol–water partition coefficient (Wildman–Crippen LogP) is 1.85. The lowest BCUT2D eigenvalue weighted by Crippen LogP contribution is -2.28. The number of aryl methyl sites for hydroxylation is 1. The number of benzene rings is 1. The van der Waals surface area contributed by atoms with Gasteiger partial charge in [-0.1, -0.05) is 29.9 Å².